The number of methoxy groups -OCH3 is 1. The van der Waals surface area contributed by atoms with Crippen molar-refractivity contribution in [2.24, 2.45) is 11.3 Å². The lowest BCUT2D eigenvalue weighted by Gasteiger charge is -2.59. The summed E-state index contributed by atoms with van der Waals surface area (Å²) < 4.78 is 5.36. The Morgan fingerprint density at radius 1 is 1.22 bits per heavy atom. The van der Waals surface area contributed by atoms with Crippen molar-refractivity contribution in [3.8, 4) is 0 Å². The van der Waals surface area contributed by atoms with Crippen LogP contribution >= 0.6 is 24.0 Å². The van der Waals surface area contributed by atoms with Crippen LogP contribution in [-0.2, 0) is 14.9 Å². The number of rotatable bonds is 2. The summed E-state index contributed by atoms with van der Waals surface area (Å²) in [5.74, 6) is 0.319. The van der Waals surface area contributed by atoms with Crippen LogP contribution in [0.4, 0.5) is 0 Å². The van der Waals surface area contributed by atoms with Gasteiger partial charge in [-0.2, -0.15) is 0 Å². The zero-order valence-electron chi connectivity index (χ0n) is 15.2. The number of hydrogen-bond donors (Lipinski definition) is 1. The van der Waals surface area contributed by atoms with E-state index in [1.165, 1.54) is 23.8 Å². The van der Waals surface area contributed by atoms with Gasteiger partial charge in [0.15, 0.2) is 0 Å². The van der Waals surface area contributed by atoms with E-state index in [4.69, 9.17) is 16.3 Å². The SMILES string of the molecule is COC(=O)C12CNCC1C1(c3cccc(Cl)c3)CCC2c2ccccc21.Cl. The molecule has 0 amide bonds. The molecule has 0 aromatic heterocycles. The molecule has 3 nitrogen and oxygen atoms in total. The highest BCUT2D eigenvalue weighted by Crippen LogP contribution is 2.68. The maximum Gasteiger partial charge on any atom is 0.314 e. The van der Waals surface area contributed by atoms with E-state index in [0.717, 1.165) is 24.4 Å². The molecule has 4 aliphatic rings. The molecule has 1 saturated heterocycles. The van der Waals surface area contributed by atoms with Crippen LogP contribution in [0.15, 0.2) is 48.5 Å². The second kappa shape index (κ2) is 6.51. The third-order valence-corrected chi connectivity index (χ3v) is 7.39. The van der Waals surface area contributed by atoms with Gasteiger partial charge in [0, 0.05) is 35.4 Å². The summed E-state index contributed by atoms with van der Waals surface area (Å²) in [4.78, 5) is 13.1. The maximum absolute atomic E-state index is 13.1. The molecule has 6 rings (SSSR count). The minimum atomic E-state index is -0.496. The Hall–Kier alpha value is -1.55. The number of nitrogens with one attached hydrogen (secondary N) is 1. The Morgan fingerprint density at radius 2 is 2.04 bits per heavy atom. The Bertz CT molecular complexity index is 901. The average molecular weight is 404 g/mol. The summed E-state index contributed by atoms with van der Waals surface area (Å²) in [5.41, 5.74) is 3.20. The highest BCUT2D eigenvalue weighted by atomic mass is 35.5. The molecule has 2 aromatic rings. The van der Waals surface area contributed by atoms with Crippen molar-refractivity contribution >= 4 is 30.0 Å². The molecular weight excluding hydrogens is 381 g/mol. The summed E-state index contributed by atoms with van der Waals surface area (Å²) in [6.07, 6.45) is 2.04. The van der Waals surface area contributed by atoms with Crippen LogP contribution < -0.4 is 5.32 Å². The molecule has 1 heterocycles. The van der Waals surface area contributed by atoms with E-state index in [9.17, 15) is 4.79 Å². The van der Waals surface area contributed by atoms with Crippen LogP contribution in [0.1, 0.15) is 35.4 Å². The van der Waals surface area contributed by atoms with Gasteiger partial charge >= 0.3 is 5.97 Å². The van der Waals surface area contributed by atoms with Crippen molar-refractivity contribution in [1.82, 2.24) is 5.32 Å². The van der Waals surface area contributed by atoms with Gasteiger partial charge in [0.2, 0.25) is 0 Å². The lowest BCUT2D eigenvalue weighted by atomic mass is 9.42. The summed E-state index contributed by atoms with van der Waals surface area (Å²) in [5, 5.41) is 4.28. The highest BCUT2D eigenvalue weighted by molar-refractivity contribution is 6.30. The molecule has 1 N–H and O–H groups in total. The van der Waals surface area contributed by atoms with Crippen LogP contribution in [0, 0.1) is 11.3 Å². The van der Waals surface area contributed by atoms with E-state index in [1.807, 2.05) is 12.1 Å². The van der Waals surface area contributed by atoms with Gasteiger partial charge in [0.25, 0.3) is 0 Å². The van der Waals surface area contributed by atoms with Gasteiger partial charge in [-0.15, -0.1) is 12.4 Å². The first-order chi connectivity index (χ1) is 12.6. The second-order valence-electron chi connectivity index (χ2n) is 7.88. The van der Waals surface area contributed by atoms with Gasteiger partial charge in [-0.3, -0.25) is 4.79 Å². The zero-order valence-corrected chi connectivity index (χ0v) is 16.8. The summed E-state index contributed by atoms with van der Waals surface area (Å²) >= 11 is 6.38. The topological polar surface area (TPSA) is 38.3 Å². The van der Waals surface area contributed by atoms with E-state index >= 15 is 0 Å². The van der Waals surface area contributed by atoms with Gasteiger partial charge in [-0.25, -0.2) is 0 Å². The van der Waals surface area contributed by atoms with Crippen LogP contribution in [0.25, 0.3) is 0 Å². The van der Waals surface area contributed by atoms with Crippen LogP contribution in [-0.4, -0.2) is 26.2 Å². The molecule has 2 bridgehead atoms. The van der Waals surface area contributed by atoms with Gasteiger partial charge in [0.05, 0.1) is 12.5 Å². The van der Waals surface area contributed by atoms with E-state index in [-0.39, 0.29) is 35.6 Å². The number of benzene rings is 2. The molecular formula is C22H23Cl2NO2. The number of carbonyl (C=O) groups is 1. The van der Waals surface area contributed by atoms with Crippen LogP contribution in [0.3, 0.4) is 0 Å². The van der Waals surface area contributed by atoms with Crippen LogP contribution in [0.5, 0.6) is 0 Å². The van der Waals surface area contributed by atoms with Gasteiger partial charge in [-0.1, -0.05) is 48.0 Å². The molecule has 1 saturated carbocycles. The Balaban J connectivity index is 0.00000180. The third-order valence-electron chi connectivity index (χ3n) is 7.15. The van der Waals surface area contributed by atoms with Crippen molar-refractivity contribution in [3.63, 3.8) is 0 Å². The number of ether oxygens (including phenoxy) is 1. The molecule has 27 heavy (non-hydrogen) atoms. The average Bonchev–Trinajstić information content (AvgIpc) is 3.15. The fraction of sp³-hybridized carbons (Fsp3) is 0.409. The van der Waals surface area contributed by atoms with Crippen molar-refractivity contribution in [1.29, 1.82) is 0 Å². The monoisotopic (exact) mass is 403 g/mol. The normalized spacial score (nSPS) is 33.0. The molecule has 3 aliphatic carbocycles. The highest BCUT2D eigenvalue weighted by Gasteiger charge is 2.69. The van der Waals surface area contributed by atoms with Gasteiger partial charge in [0.1, 0.15) is 0 Å². The van der Waals surface area contributed by atoms with E-state index in [2.05, 4.69) is 41.7 Å². The Kier molecular flexibility index (Phi) is 4.53. The fourth-order valence-electron chi connectivity index (χ4n) is 6.29. The van der Waals surface area contributed by atoms with Gasteiger partial charge < -0.3 is 10.1 Å². The number of esters is 1. The molecule has 4 atom stereocenters. The molecule has 2 fully saturated rings. The predicted octanol–water partition coefficient (Wildman–Crippen LogP) is 4.32. The maximum atomic E-state index is 13.1. The number of carbonyl (C=O) groups excluding carboxylic acids is 1. The lowest BCUT2D eigenvalue weighted by molar-refractivity contribution is -0.161. The van der Waals surface area contributed by atoms with E-state index in [0.29, 0.717) is 6.54 Å². The molecule has 5 heteroatoms. The summed E-state index contributed by atoms with van der Waals surface area (Å²) in [6.45, 7) is 1.51. The number of fused-ring (bicyclic) bond motifs is 1. The fourth-order valence-corrected chi connectivity index (χ4v) is 6.48. The second-order valence-corrected chi connectivity index (χ2v) is 8.31. The first-order valence-electron chi connectivity index (χ1n) is 9.29. The minimum absolute atomic E-state index is 0. The molecule has 1 aliphatic heterocycles. The smallest absolute Gasteiger partial charge is 0.314 e. The lowest BCUT2D eigenvalue weighted by Crippen LogP contribution is -2.60. The van der Waals surface area contributed by atoms with E-state index in [1.54, 1.807) is 0 Å². The minimum Gasteiger partial charge on any atom is -0.469 e. The van der Waals surface area contributed by atoms with E-state index < -0.39 is 5.41 Å². The van der Waals surface area contributed by atoms with Crippen molar-refractivity contribution in [2.45, 2.75) is 24.2 Å². The van der Waals surface area contributed by atoms with Crippen molar-refractivity contribution in [2.75, 3.05) is 20.2 Å². The molecule has 142 valence electrons. The Morgan fingerprint density at radius 3 is 2.81 bits per heavy atom. The van der Waals surface area contributed by atoms with Crippen molar-refractivity contribution in [3.05, 3.63) is 70.2 Å². The molecule has 2 aromatic carbocycles. The van der Waals surface area contributed by atoms with Crippen LogP contribution in [0.2, 0.25) is 5.02 Å². The summed E-state index contributed by atoms with van der Waals surface area (Å²) in [7, 11) is 1.52. The molecule has 0 spiro atoms. The number of hydrogen-bond acceptors (Lipinski definition) is 3. The predicted molar refractivity (Wildman–Crippen MR) is 109 cm³/mol. The zero-order chi connectivity index (χ0) is 17.9. The van der Waals surface area contributed by atoms with Crippen molar-refractivity contribution < 1.29 is 9.53 Å². The first kappa shape index (κ1) is 18.8. The largest absolute Gasteiger partial charge is 0.469 e. The van der Waals surface area contributed by atoms with Gasteiger partial charge in [-0.05, 0) is 41.7 Å². The number of halogens is 2. The molecule has 4 unspecified atom stereocenters. The Labute approximate surface area is 170 Å². The quantitative estimate of drug-likeness (QED) is 0.758. The molecule has 0 radical (unpaired) electrons. The first-order valence-corrected chi connectivity index (χ1v) is 9.67. The standard InChI is InChI=1S/C22H22ClNO2.ClH/c1-26-20(25)22-13-24-12-19(22)21(14-5-4-6-15(23)11-14)10-9-18(22)16-7-2-3-8-17(16)21;/h2-8,11,18-19,24H,9-10,12-13H2,1H3;1H. The third kappa shape index (κ3) is 2.22. The summed E-state index contributed by atoms with van der Waals surface area (Å²) in [6, 6.07) is 16.9.